The molecule has 0 unspecified atom stereocenters. The molecule has 0 spiro atoms. The standard InChI is InChI=1S/C79H53N3/c1-8-28-54(29-9-1)72-53-57-52-62(50-51-63(57)77-73(55-30-10-2-11-31-55)76(80-82(72)77)56-32-12-3-13-33-56)81(70-48-26-46-68-74(70)64-42-22-24-44-66(64)78(68,58-34-14-4-15-35-58)59-36-16-5-17-37-59)71-49-27-47-69-75(71)65-43-23-25-45-67(65)79(69,60-38-18-6-19-39-60)61-40-20-7-21-41-61/h1-53H. The van der Waals surface area contributed by atoms with E-state index >= 15 is 0 Å². The lowest BCUT2D eigenvalue weighted by molar-refractivity contribution is 0.768. The van der Waals surface area contributed by atoms with Gasteiger partial charge in [0.25, 0.3) is 0 Å². The van der Waals surface area contributed by atoms with Gasteiger partial charge in [-0.1, -0.05) is 291 Å². The van der Waals surface area contributed by atoms with Crippen LogP contribution in [0.15, 0.2) is 322 Å². The highest BCUT2D eigenvalue weighted by Crippen LogP contribution is 2.63. The number of pyridine rings is 1. The molecule has 0 saturated carbocycles. The number of fused-ring (bicyclic) bond motifs is 9. The first-order valence-corrected chi connectivity index (χ1v) is 28.4. The lowest BCUT2D eigenvalue weighted by Gasteiger charge is -2.35. The van der Waals surface area contributed by atoms with Gasteiger partial charge >= 0.3 is 0 Å². The molecule has 3 heteroatoms. The van der Waals surface area contributed by atoms with Gasteiger partial charge < -0.3 is 4.90 Å². The summed E-state index contributed by atoms with van der Waals surface area (Å²) in [6.45, 7) is 0. The zero-order valence-electron chi connectivity index (χ0n) is 44.9. The van der Waals surface area contributed by atoms with E-state index in [1.807, 2.05) is 0 Å². The molecule has 14 aromatic rings. The van der Waals surface area contributed by atoms with Gasteiger partial charge in [0, 0.05) is 38.9 Å². The van der Waals surface area contributed by atoms with Gasteiger partial charge in [0.1, 0.15) is 5.69 Å². The smallest absolute Gasteiger partial charge is 0.101 e. The highest BCUT2D eigenvalue weighted by Gasteiger charge is 2.50. The quantitative estimate of drug-likeness (QED) is 0.136. The first kappa shape index (κ1) is 47.4. The first-order valence-electron chi connectivity index (χ1n) is 28.4. The average molecular weight is 1040 g/mol. The molecular weight excluding hydrogens is 991 g/mol. The third-order valence-corrected chi connectivity index (χ3v) is 17.5. The molecule has 82 heavy (non-hydrogen) atoms. The molecule has 2 aliphatic rings. The predicted octanol–water partition coefficient (Wildman–Crippen LogP) is 19.7. The normalized spacial score (nSPS) is 13.3. The molecule has 2 aromatic heterocycles. The van der Waals surface area contributed by atoms with Crippen LogP contribution < -0.4 is 4.90 Å². The molecular formula is C79H53N3. The molecule has 3 nitrogen and oxygen atoms in total. The van der Waals surface area contributed by atoms with Crippen molar-refractivity contribution in [2.75, 3.05) is 4.90 Å². The van der Waals surface area contributed by atoms with Crippen molar-refractivity contribution in [3.05, 3.63) is 366 Å². The van der Waals surface area contributed by atoms with Crippen LogP contribution in [-0.2, 0) is 10.8 Å². The molecule has 0 atom stereocenters. The summed E-state index contributed by atoms with van der Waals surface area (Å²) in [5, 5.41) is 7.82. The van der Waals surface area contributed by atoms with Gasteiger partial charge in [-0.3, -0.25) is 0 Å². The van der Waals surface area contributed by atoms with Crippen LogP contribution in [-0.4, -0.2) is 9.61 Å². The maximum absolute atomic E-state index is 5.59. The zero-order valence-corrected chi connectivity index (χ0v) is 44.9. The summed E-state index contributed by atoms with van der Waals surface area (Å²) in [7, 11) is 0. The van der Waals surface area contributed by atoms with E-state index in [0.717, 1.165) is 67.0 Å². The molecule has 0 fully saturated rings. The fourth-order valence-corrected chi connectivity index (χ4v) is 14.3. The van der Waals surface area contributed by atoms with Crippen molar-refractivity contribution >= 4 is 33.4 Å². The summed E-state index contributed by atoms with van der Waals surface area (Å²) in [5.41, 5.74) is 24.2. The average Bonchev–Trinajstić information content (AvgIpc) is 3.11. The van der Waals surface area contributed by atoms with Crippen LogP contribution in [0.2, 0.25) is 0 Å². The van der Waals surface area contributed by atoms with Gasteiger partial charge in [0.05, 0.1) is 33.4 Å². The third kappa shape index (κ3) is 6.93. The van der Waals surface area contributed by atoms with Gasteiger partial charge in [-0.25, -0.2) is 4.52 Å². The Morgan fingerprint density at radius 2 is 0.695 bits per heavy atom. The van der Waals surface area contributed by atoms with Crippen molar-refractivity contribution in [1.82, 2.24) is 9.61 Å². The van der Waals surface area contributed by atoms with Crippen molar-refractivity contribution in [3.8, 4) is 55.9 Å². The van der Waals surface area contributed by atoms with E-state index in [9.17, 15) is 0 Å². The maximum atomic E-state index is 5.59. The van der Waals surface area contributed by atoms with Crippen LogP contribution in [0, 0.1) is 0 Å². The molecule has 0 amide bonds. The highest BCUT2D eigenvalue weighted by atomic mass is 15.2. The van der Waals surface area contributed by atoms with Crippen molar-refractivity contribution < 1.29 is 0 Å². The molecule has 0 saturated heterocycles. The summed E-state index contributed by atoms with van der Waals surface area (Å²) >= 11 is 0. The van der Waals surface area contributed by atoms with E-state index < -0.39 is 10.8 Å². The molecule has 0 radical (unpaired) electrons. The minimum absolute atomic E-state index is 0.608. The van der Waals surface area contributed by atoms with Gasteiger partial charge in [-0.05, 0) is 96.9 Å². The molecule has 0 N–H and O–H groups in total. The SMILES string of the molecule is c1ccc(-c2nn3c(-c4ccccc4)cc4cc(N(c5cccc6c5-c5ccccc5C6(c5ccccc5)c5ccccc5)c5cccc6c5-c5ccccc5C6(c5ccccc5)c5ccccc5)ccc4c3c2-c2ccccc2)cc1. The monoisotopic (exact) mass is 1040 g/mol. The maximum Gasteiger partial charge on any atom is 0.101 e. The fourth-order valence-electron chi connectivity index (χ4n) is 14.3. The second-order valence-electron chi connectivity index (χ2n) is 21.7. The van der Waals surface area contributed by atoms with E-state index in [-0.39, 0.29) is 0 Å². The van der Waals surface area contributed by atoms with E-state index in [4.69, 9.17) is 5.10 Å². The summed E-state index contributed by atoms with van der Waals surface area (Å²) in [4.78, 5) is 2.60. The van der Waals surface area contributed by atoms with Crippen LogP contribution >= 0.6 is 0 Å². The minimum atomic E-state index is -0.608. The van der Waals surface area contributed by atoms with Crippen molar-refractivity contribution in [1.29, 1.82) is 0 Å². The number of nitrogens with zero attached hydrogens (tertiary/aromatic N) is 3. The fraction of sp³-hybridized carbons (Fsp3) is 0.0253. The molecule has 12 aromatic carbocycles. The number of rotatable bonds is 10. The van der Waals surface area contributed by atoms with Crippen LogP contribution in [0.25, 0.3) is 72.2 Å². The van der Waals surface area contributed by atoms with Crippen molar-refractivity contribution in [2.24, 2.45) is 0 Å². The minimum Gasteiger partial charge on any atom is -0.309 e. The Morgan fingerprint density at radius 1 is 0.305 bits per heavy atom. The molecule has 384 valence electrons. The Morgan fingerprint density at radius 3 is 1.16 bits per heavy atom. The van der Waals surface area contributed by atoms with Crippen molar-refractivity contribution in [2.45, 2.75) is 10.8 Å². The summed E-state index contributed by atoms with van der Waals surface area (Å²) in [6.07, 6.45) is 0. The van der Waals surface area contributed by atoms with Crippen LogP contribution in [0.4, 0.5) is 17.1 Å². The Labute approximate surface area is 478 Å². The van der Waals surface area contributed by atoms with Gasteiger partial charge in [-0.2, -0.15) is 5.10 Å². The lowest BCUT2D eigenvalue weighted by Crippen LogP contribution is -2.28. The third-order valence-electron chi connectivity index (χ3n) is 17.5. The van der Waals surface area contributed by atoms with Gasteiger partial charge in [0.2, 0.25) is 0 Å². The van der Waals surface area contributed by atoms with E-state index in [2.05, 4.69) is 331 Å². The van der Waals surface area contributed by atoms with E-state index in [0.29, 0.717) is 0 Å². The predicted molar refractivity (Wildman–Crippen MR) is 338 cm³/mol. The Balaban J connectivity index is 1.04. The molecule has 2 aliphatic carbocycles. The summed E-state index contributed by atoms with van der Waals surface area (Å²) < 4.78 is 2.20. The van der Waals surface area contributed by atoms with Crippen molar-refractivity contribution in [3.63, 3.8) is 0 Å². The number of hydrogen-bond acceptors (Lipinski definition) is 2. The Kier molecular flexibility index (Phi) is 11.0. The zero-order chi connectivity index (χ0) is 54.2. The van der Waals surface area contributed by atoms with E-state index in [1.54, 1.807) is 0 Å². The summed E-state index contributed by atoms with van der Waals surface area (Å²) in [5.74, 6) is 0. The van der Waals surface area contributed by atoms with Crippen LogP contribution in [0.3, 0.4) is 0 Å². The second-order valence-corrected chi connectivity index (χ2v) is 21.7. The highest BCUT2D eigenvalue weighted by molar-refractivity contribution is 6.11. The molecule has 0 aliphatic heterocycles. The van der Waals surface area contributed by atoms with Gasteiger partial charge in [-0.15, -0.1) is 0 Å². The van der Waals surface area contributed by atoms with Gasteiger partial charge in [0.15, 0.2) is 0 Å². The molecule has 16 rings (SSSR count). The number of anilines is 3. The van der Waals surface area contributed by atoms with E-state index in [1.165, 1.54) is 66.8 Å². The number of benzene rings is 12. The summed E-state index contributed by atoms with van der Waals surface area (Å²) in [6, 6.07) is 119. The lowest BCUT2D eigenvalue weighted by atomic mass is 9.67. The molecule has 2 heterocycles. The Bertz CT molecular complexity index is 4450. The molecule has 0 bridgehead atoms. The largest absolute Gasteiger partial charge is 0.309 e. The van der Waals surface area contributed by atoms with Crippen LogP contribution in [0.1, 0.15) is 44.5 Å². The Hall–Kier alpha value is -10.6. The van der Waals surface area contributed by atoms with Crippen LogP contribution in [0.5, 0.6) is 0 Å². The first-order chi connectivity index (χ1) is 40.7. The topological polar surface area (TPSA) is 20.5 Å². The second kappa shape index (κ2) is 19.0. The number of aromatic nitrogens is 2. The number of hydrogen-bond donors (Lipinski definition) is 0.